The number of azide groups is 1. The summed E-state index contributed by atoms with van der Waals surface area (Å²) in [5.41, 5.74) is 19.7. The van der Waals surface area contributed by atoms with Gasteiger partial charge in [0.2, 0.25) is 29.5 Å². The van der Waals surface area contributed by atoms with Crippen LogP contribution in [-0.2, 0) is 28.8 Å². The number of carboxylic acids is 1. The number of nitrogens with two attached hydrogens (primary N) is 2. The minimum absolute atomic E-state index is 0.0237. The Morgan fingerprint density at radius 1 is 0.680 bits per heavy atom. The van der Waals surface area contributed by atoms with Crippen LogP contribution < -0.4 is 38.1 Å². The third-order valence-corrected chi connectivity index (χ3v) is 7.25. The number of nitrogens with zero attached hydrogens (tertiary/aromatic N) is 4. The Morgan fingerprint density at radius 2 is 1.14 bits per heavy atom. The van der Waals surface area contributed by atoms with Crippen molar-refractivity contribution in [1.29, 1.82) is 0 Å². The van der Waals surface area contributed by atoms with Crippen molar-refractivity contribution in [2.75, 3.05) is 6.54 Å². The van der Waals surface area contributed by atoms with Crippen molar-refractivity contribution in [3.8, 4) is 0 Å². The van der Waals surface area contributed by atoms with Crippen molar-refractivity contribution in [2.45, 2.75) is 130 Å². The molecule has 0 saturated heterocycles. The van der Waals surface area contributed by atoms with Crippen molar-refractivity contribution in [3.63, 3.8) is 0 Å². The summed E-state index contributed by atoms with van der Waals surface area (Å²) >= 11 is 0. The van der Waals surface area contributed by atoms with E-state index in [9.17, 15) is 39.0 Å². The molecular formula is C31H57N11O8. The molecule has 0 spiro atoms. The fourth-order valence-electron chi connectivity index (χ4n) is 4.75. The summed E-state index contributed by atoms with van der Waals surface area (Å²) in [6.45, 7) is 13.6. The van der Waals surface area contributed by atoms with E-state index in [1.807, 2.05) is 27.7 Å². The predicted molar refractivity (Wildman–Crippen MR) is 186 cm³/mol. The second kappa shape index (κ2) is 22.9. The van der Waals surface area contributed by atoms with Crippen LogP contribution in [0.1, 0.15) is 87.5 Å². The van der Waals surface area contributed by atoms with Gasteiger partial charge in [-0.2, -0.15) is 0 Å². The van der Waals surface area contributed by atoms with Crippen molar-refractivity contribution in [2.24, 2.45) is 39.3 Å². The molecule has 0 aliphatic rings. The number of aliphatic hydroxyl groups excluding tert-OH is 1. The molecule has 0 bridgehead atoms. The average molecular weight is 712 g/mol. The highest BCUT2D eigenvalue weighted by molar-refractivity contribution is 5.96. The molecule has 0 fully saturated rings. The lowest BCUT2D eigenvalue weighted by Crippen LogP contribution is -2.59. The number of rotatable bonds is 23. The molecule has 0 aromatic carbocycles. The van der Waals surface area contributed by atoms with Gasteiger partial charge in [-0.15, -0.1) is 0 Å². The lowest BCUT2D eigenvalue weighted by Gasteiger charge is -2.28. The molecule has 0 saturated carbocycles. The van der Waals surface area contributed by atoms with Gasteiger partial charge in [0.25, 0.3) is 0 Å². The first-order chi connectivity index (χ1) is 23.2. The van der Waals surface area contributed by atoms with Gasteiger partial charge in [-0.25, -0.2) is 4.79 Å². The number of carbonyl (C=O) groups is 6. The molecule has 7 atom stereocenters. The second-order valence-electron chi connectivity index (χ2n) is 13.5. The van der Waals surface area contributed by atoms with Crippen molar-refractivity contribution in [3.05, 3.63) is 10.4 Å². The lowest BCUT2D eigenvalue weighted by molar-refractivity contribution is -0.145. The number of aliphatic carboxylic acids is 1. The third-order valence-electron chi connectivity index (χ3n) is 7.25. The van der Waals surface area contributed by atoms with E-state index in [4.69, 9.17) is 17.0 Å². The highest BCUT2D eigenvalue weighted by Crippen LogP contribution is 2.12. The van der Waals surface area contributed by atoms with E-state index in [0.717, 1.165) is 0 Å². The molecule has 0 rings (SSSR count). The van der Waals surface area contributed by atoms with E-state index in [1.54, 1.807) is 13.8 Å². The van der Waals surface area contributed by atoms with Crippen molar-refractivity contribution < 1.29 is 39.0 Å². The topological polar surface area (TPSA) is 316 Å². The third kappa shape index (κ3) is 18.2. The quantitative estimate of drug-likeness (QED) is 0.0167. The van der Waals surface area contributed by atoms with Crippen molar-refractivity contribution >= 4 is 41.5 Å². The number of carboxylic acid groups (broad SMARTS) is 1. The number of aliphatic imine (C=N–C) groups is 1. The molecule has 0 aromatic heterocycles. The minimum Gasteiger partial charge on any atom is -0.480 e. The normalized spacial score (nSPS) is 15.3. The van der Waals surface area contributed by atoms with Crippen LogP contribution in [0, 0.1) is 17.8 Å². The molecule has 5 amide bonds. The number of hydrogen-bond acceptors (Lipinski definition) is 9. The molecule has 19 nitrogen and oxygen atoms in total. The van der Waals surface area contributed by atoms with Crippen LogP contribution in [0.25, 0.3) is 10.4 Å². The zero-order valence-corrected chi connectivity index (χ0v) is 30.3. The SMILES string of the molecule is CC(C)C[C@H](N=[N+]=[N-])C(=O)N[C@@H](C)C(=O)N[C@@H](CCCN=C(N)N)C(=O)N[C@@H](CC(C)C)C(=O)N[C@@H](CC(C)C)C(=O)N[C@H](C(=O)O)[C@@H](C)O. The molecule has 0 aliphatic heterocycles. The van der Waals surface area contributed by atoms with E-state index in [-0.39, 0.29) is 62.4 Å². The molecule has 0 aliphatic carbocycles. The molecular weight excluding hydrogens is 654 g/mol. The van der Waals surface area contributed by atoms with Gasteiger partial charge in [-0.1, -0.05) is 46.7 Å². The predicted octanol–water partition coefficient (Wildman–Crippen LogP) is -0.233. The zero-order chi connectivity index (χ0) is 38.7. The smallest absolute Gasteiger partial charge is 0.328 e. The molecule has 11 N–H and O–H groups in total. The maximum Gasteiger partial charge on any atom is 0.328 e. The van der Waals surface area contributed by atoms with Crippen LogP contribution in [0.4, 0.5) is 0 Å². The summed E-state index contributed by atoms with van der Waals surface area (Å²) < 4.78 is 0. The minimum atomic E-state index is -1.61. The fourth-order valence-corrected chi connectivity index (χ4v) is 4.75. The molecule has 19 heteroatoms. The van der Waals surface area contributed by atoms with Gasteiger partial charge in [0.15, 0.2) is 12.0 Å². The maximum atomic E-state index is 13.6. The second-order valence-corrected chi connectivity index (χ2v) is 13.5. The van der Waals surface area contributed by atoms with Gasteiger partial charge in [0.05, 0.1) is 6.10 Å². The summed E-state index contributed by atoms with van der Waals surface area (Å²) in [7, 11) is 0. The molecule has 284 valence electrons. The van der Waals surface area contributed by atoms with Gasteiger partial charge in [-0.3, -0.25) is 29.0 Å². The van der Waals surface area contributed by atoms with E-state index in [2.05, 4.69) is 41.6 Å². The highest BCUT2D eigenvalue weighted by Gasteiger charge is 2.33. The summed E-state index contributed by atoms with van der Waals surface area (Å²) in [4.78, 5) is 84.4. The van der Waals surface area contributed by atoms with Crippen LogP contribution in [0.5, 0.6) is 0 Å². The first-order valence-electron chi connectivity index (χ1n) is 16.7. The Kier molecular flexibility index (Phi) is 20.8. The van der Waals surface area contributed by atoms with Gasteiger partial charge in [0.1, 0.15) is 30.2 Å². The van der Waals surface area contributed by atoms with Gasteiger partial charge in [-0.05, 0) is 69.2 Å². The molecule has 0 unspecified atom stereocenters. The van der Waals surface area contributed by atoms with Gasteiger partial charge >= 0.3 is 5.97 Å². The van der Waals surface area contributed by atoms with E-state index < -0.39 is 77.9 Å². The molecule has 0 radical (unpaired) electrons. The Balaban J connectivity index is 6.14. The Labute approximate surface area is 293 Å². The van der Waals surface area contributed by atoms with Gasteiger partial charge in [0, 0.05) is 11.5 Å². The highest BCUT2D eigenvalue weighted by atomic mass is 16.4. The van der Waals surface area contributed by atoms with E-state index in [1.165, 1.54) is 13.8 Å². The lowest BCUT2D eigenvalue weighted by atomic mass is 9.99. The summed E-state index contributed by atoms with van der Waals surface area (Å²) in [6, 6.07) is -7.38. The number of hydrogen-bond donors (Lipinski definition) is 9. The number of guanidine groups is 1. The molecule has 0 aromatic rings. The summed E-state index contributed by atoms with van der Waals surface area (Å²) in [5.74, 6) is -5.51. The molecule has 0 heterocycles. The number of carbonyl (C=O) groups excluding carboxylic acids is 5. The van der Waals surface area contributed by atoms with Crippen LogP contribution in [0.2, 0.25) is 0 Å². The first-order valence-corrected chi connectivity index (χ1v) is 16.7. The number of nitrogens with one attached hydrogen (secondary N) is 5. The summed E-state index contributed by atoms with van der Waals surface area (Å²) in [5, 5.41) is 35.3. The van der Waals surface area contributed by atoms with Crippen LogP contribution in [0.3, 0.4) is 0 Å². The zero-order valence-electron chi connectivity index (χ0n) is 30.3. The van der Waals surface area contributed by atoms with Crippen LogP contribution in [-0.4, -0.2) is 101 Å². The largest absolute Gasteiger partial charge is 0.480 e. The van der Waals surface area contributed by atoms with Crippen molar-refractivity contribution in [1.82, 2.24) is 26.6 Å². The first kappa shape index (κ1) is 45.4. The Hall–Kier alpha value is -4.64. The number of aliphatic hydroxyl groups is 1. The average Bonchev–Trinajstić information content (AvgIpc) is 2.98. The standard InChI is InChI=1S/C31H57N11O8/c1-15(2)12-21(27(46)39-22(13-16(3)4)28(47)40-24(19(8)43)30(49)50)38-26(45)20(10-9-11-35-31(32)33)37-25(44)18(7)36-29(48)23(41-42-34)14-17(5)6/h15-24,43H,9-14H2,1-8H3,(H,36,48)(H,37,44)(H,38,45)(H,39,46)(H,40,47)(H,49,50)(H4,32,33,35)/t18-,19+,20-,21-,22-,23-,24-/m0/s1. The van der Waals surface area contributed by atoms with E-state index in [0.29, 0.717) is 0 Å². The van der Waals surface area contributed by atoms with E-state index >= 15 is 0 Å². The maximum absolute atomic E-state index is 13.6. The fraction of sp³-hybridized carbons (Fsp3) is 0.774. The van der Waals surface area contributed by atoms with Crippen LogP contribution >= 0.6 is 0 Å². The summed E-state index contributed by atoms with van der Waals surface area (Å²) in [6.07, 6.45) is -0.625. The number of amides is 5. The van der Waals surface area contributed by atoms with Crippen LogP contribution in [0.15, 0.2) is 10.1 Å². The Bertz CT molecular complexity index is 1230. The Morgan fingerprint density at radius 3 is 1.56 bits per heavy atom. The van der Waals surface area contributed by atoms with Gasteiger partial charge < -0.3 is 48.3 Å². The monoisotopic (exact) mass is 711 g/mol. The molecule has 50 heavy (non-hydrogen) atoms.